The molecular formula is C20H29ClN2O2. The monoisotopic (exact) mass is 364 g/mol. The molecule has 0 radical (unpaired) electrons. The van der Waals surface area contributed by atoms with Crippen molar-refractivity contribution in [2.24, 2.45) is 0 Å². The number of hydrogen-bond donors (Lipinski definition) is 1. The number of halogens is 1. The summed E-state index contributed by atoms with van der Waals surface area (Å²) in [6, 6.07) is 3.91. The Morgan fingerprint density at radius 2 is 2.28 bits per heavy atom. The molecule has 1 atom stereocenters. The Balaban J connectivity index is 2.06. The predicted octanol–water partition coefficient (Wildman–Crippen LogP) is 4.21. The molecule has 0 aliphatic carbocycles. The molecule has 0 saturated carbocycles. The lowest BCUT2D eigenvalue weighted by atomic mass is 10.0. The van der Waals surface area contributed by atoms with Crippen molar-refractivity contribution in [3.05, 3.63) is 40.9 Å². The number of ether oxygens (including phenoxy) is 1. The lowest BCUT2D eigenvalue weighted by Gasteiger charge is -2.35. The summed E-state index contributed by atoms with van der Waals surface area (Å²) in [5.41, 5.74) is 1.37. The molecule has 1 heterocycles. The van der Waals surface area contributed by atoms with Crippen LogP contribution >= 0.6 is 11.6 Å². The van der Waals surface area contributed by atoms with E-state index in [1.165, 1.54) is 12.8 Å². The van der Waals surface area contributed by atoms with Crippen LogP contribution in [0.4, 0.5) is 0 Å². The van der Waals surface area contributed by atoms with Crippen LogP contribution in [0.5, 0.6) is 5.75 Å². The molecule has 1 aliphatic rings. The van der Waals surface area contributed by atoms with Crippen LogP contribution in [0.15, 0.2) is 24.8 Å². The van der Waals surface area contributed by atoms with Gasteiger partial charge in [-0.3, -0.25) is 9.69 Å². The average Bonchev–Trinajstić information content (AvgIpc) is 2.61. The Labute approximate surface area is 156 Å². The van der Waals surface area contributed by atoms with Gasteiger partial charge in [0, 0.05) is 17.6 Å². The first-order valence-electron chi connectivity index (χ1n) is 9.12. The van der Waals surface area contributed by atoms with Crippen molar-refractivity contribution in [2.75, 3.05) is 26.2 Å². The Kier molecular flexibility index (Phi) is 7.79. The third-order valence-electron chi connectivity index (χ3n) is 4.62. The minimum absolute atomic E-state index is 0.136. The highest BCUT2D eigenvalue weighted by Crippen LogP contribution is 2.27. The fourth-order valence-corrected chi connectivity index (χ4v) is 3.44. The summed E-state index contributed by atoms with van der Waals surface area (Å²) >= 11 is 6.21. The highest BCUT2D eigenvalue weighted by molar-refractivity contribution is 6.31. The lowest BCUT2D eigenvalue weighted by molar-refractivity contribution is 0.0910. The molecule has 1 N–H and O–H groups in total. The van der Waals surface area contributed by atoms with Gasteiger partial charge < -0.3 is 10.1 Å². The molecule has 0 aromatic heterocycles. The number of amides is 1. The fraction of sp³-hybridized carbons (Fsp3) is 0.550. The van der Waals surface area contributed by atoms with Gasteiger partial charge in [0.1, 0.15) is 12.4 Å². The van der Waals surface area contributed by atoms with Crippen LogP contribution in [-0.4, -0.2) is 43.1 Å². The summed E-state index contributed by atoms with van der Waals surface area (Å²) in [5.74, 6) is 0.413. The molecule has 0 spiro atoms. The Hall–Kier alpha value is -1.52. The van der Waals surface area contributed by atoms with Crippen LogP contribution < -0.4 is 10.1 Å². The number of nitrogens with zero attached hydrogens (tertiary/aromatic N) is 1. The maximum absolute atomic E-state index is 12.7. The van der Waals surface area contributed by atoms with Gasteiger partial charge in [-0.05, 0) is 57.0 Å². The summed E-state index contributed by atoms with van der Waals surface area (Å²) in [4.78, 5) is 15.2. The molecular weight excluding hydrogens is 336 g/mol. The zero-order valence-corrected chi connectivity index (χ0v) is 16.1. The van der Waals surface area contributed by atoms with E-state index in [2.05, 4.69) is 23.7 Å². The number of aryl methyl sites for hydroxylation is 1. The van der Waals surface area contributed by atoms with Gasteiger partial charge in [0.2, 0.25) is 0 Å². The van der Waals surface area contributed by atoms with E-state index in [1.807, 2.05) is 13.0 Å². The Morgan fingerprint density at radius 3 is 3.00 bits per heavy atom. The topological polar surface area (TPSA) is 41.6 Å². The number of benzene rings is 1. The second-order valence-corrected chi connectivity index (χ2v) is 7.00. The van der Waals surface area contributed by atoms with E-state index in [9.17, 15) is 4.79 Å². The first-order chi connectivity index (χ1) is 12.1. The third kappa shape index (κ3) is 5.48. The van der Waals surface area contributed by atoms with E-state index in [0.717, 1.165) is 31.5 Å². The van der Waals surface area contributed by atoms with Crippen molar-refractivity contribution in [1.29, 1.82) is 0 Å². The number of carbonyl (C=O) groups is 1. The third-order valence-corrected chi connectivity index (χ3v) is 5.03. The van der Waals surface area contributed by atoms with Gasteiger partial charge >= 0.3 is 0 Å². The summed E-state index contributed by atoms with van der Waals surface area (Å²) in [6.45, 7) is 11.0. The minimum Gasteiger partial charge on any atom is -0.489 e. The van der Waals surface area contributed by atoms with Gasteiger partial charge in [0.25, 0.3) is 5.91 Å². The first-order valence-corrected chi connectivity index (χ1v) is 9.50. The summed E-state index contributed by atoms with van der Waals surface area (Å²) in [6.07, 6.45) is 6.41. The lowest BCUT2D eigenvalue weighted by Crippen LogP contribution is -2.46. The molecule has 0 bridgehead atoms. The van der Waals surface area contributed by atoms with E-state index < -0.39 is 0 Å². The molecule has 1 aliphatic heterocycles. The van der Waals surface area contributed by atoms with Gasteiger partial charge in [-0.25, -0.2) is 0 Å². The molecule has 5 heteroatoms. The molecule has 1 unspecified atom stereocenters. The molecule has 1 aromatic rings. The van der Waals surface area contributed by atoms with Crippen molar-refractivity contribution in [1.82, 2.24) is 10.2 Å². The number of rotatable bonds is 8. The van der Waals surface area contributed by atoms with Crippen LogP contribution in [-0.2, 0) is 0 Å². The predicted molar refractivity (Wildman–Crippen MR) is 104 cm³/mol. The van der Waals surface area contributed by atoms with Crippen LogP contribution in [0, 0.1) is 6.92 Å². The maximum atomic E-state index is 12.7. The number of hydrogen-bond acceptors (Lipinski definition) is 3. The molecule has 1 aromatic carbocycles. The highest BCUT2D eigenvalue weighted by Gasteiger charge is 2.23. The fourth-order valence-electron chi connectivity index (χ4n) is 3.28. The molecule has 2 rings (SSSR count). The van der Waals surface area contributed by atoms with Crippen molar-refractivity contribution >= 4 is 17.5 Å². The number of piperidine rings is 1. The zero-order chi connectivity index (χ0) is 18.2. The van der Waals surface area contributed by atoms with Crippen molar-refractivity contribution in [3.8, 4) is 5.75 Å². The smallest absolute Gasteiger partial charge is 0.255 e. The first kappa shape index (κ1) is 19.8. The second-order valence-electron chi connectivity index (χ2n) is 6.59. The van der Waals surface area contributed by atoms with Gasteiger partial charge in [-0.2, -0.15) is 0 Å². The van der Waals surface area contributed by atoms with Crippen LogP contribution in [0.25, 0.3) is 0 Å². The number of likely N-dealkylation sites (tertiary alicyclic amines) is 1. The van der Waals surface area contributed by atoms with Crippen molar-refractivity contribution in [3.63, 3.8) is 0 Å². The highest BCUT2D eigenvalue weighted by atomic mass is 35.5. The van der Waals surface area contributed by atoms with E-state index in [1.54, 1.807) is 12.1 Å². The minimum atomic E-state index is -0.136. The number of nitrogens with one attached hydrogen (secondary N) is 1. The van der Waals surface area contributed by atoms with Gasteiger partial charge in [-0.1, -0.05) is 37.6 Å². The van der Waals surface area contributed by atoms with E-state index in [4.69, 9.17) is 16.3 Å². The Bertz CT molecular complexity index is 602. The molecule has 25 heavy (non-hydrogen) atoms. The van der Waals surface area contributed by atoms with Crippen LogP contribution in [0.1, 0.15) is 48.5 Å². The standard InChI is InChI=1S/C20H29ClN2O2/c1-4-9-23-10-7-6-8-16(23)14-22-20(24)17-13-18(21)15(3)12-19(17)25-11-5-2/h5,12-13,16H,2,4,6-11,14H2,1,3H3,(H,22,24). The Morgan fingerprint density at radius 1 is 1.48 bits per heavy atom. The van der Waals surface area contributed by atoms with E-state index in [-0.39, 0.29) is 5.91 Å². The quantitative estimate of drug-likeness (QED) is 0.702. The molecule has 138 valence electrons. The van der Waals surface area contributed by atoms with Gasteiger partial charge in [0.05, 0.1) is 5.56 Å². The van der Waals surface area contributed by atoms with Crippen LogP contribution in [0.2, 0.25) is 5.02 Å². The average molecular weight is 365 g/mol. The van der Waals surface area contributed by atoms with Gasteiger partial charge in [-0.15, -0.1) is 0 Å². The number of carbonyl (C=O) groups excluding carboxylic acids is 1. The normalized spacial score (nSPS) is 18.0. The molecule has 1 amide bonds. The second kappa shape index (κ2) is 9.83. The molecule has 1 fully saturated rings. The zero-order valence-electron chi connectivity index (χ0n) is 15.3. The summed E-state index contributed by atoms with van der Waals surface area (Å²) in [7, 11) is 0. The largest absolute Gasteiger partial charge is 0.489 e. The van der Waals surface area contributed by atoms with Crippen LogP contribution in [0.3, 0.4) is 0 Å². The molecule has 1 saturated heterocycles. The molecule has 4 nitrogen and oxygen atoms in total. The van der Waals surface area contributed by atoms with E-state index in [0.29, 0.717) is 35.5 Å². The van der Waals surface area contributed by atoms with Gasteiger partial charge in [0.15, 0.2) is 0 Å². The van der Waals surface area contributed by atoms with Crippen molar-refractivity contribution in [2.45, 2.75) is 45.6 Å². The van der Waals surface area contributed by atoms with Crippen molar-refractivity contribution < 1.29 is 9.53 Å². The summed E-state index contributed by atoms with van der Waals surface area (Å²) < 4.78 is 5.65. The summed E-state index contributed by atoms with van der Waals surface area (Å²) in [5, 5.41) is 3.65. The SMILES string of the molecule is C=CCOc1cc(C)c(Cl)cc1C(=O)NCC1CCCCN1CCC. The van der Waals surface area contributed by atoms with E-state index >= 15 is 0 Å². The maximum Gasteiger partial charge on any atom is 0.255 e.